The van der Waals surface area contributed by atoms with E-state index < -0.39 is 0 Å². The van der Waals surface area contributed by atoms with Crippen LogP contribution in [0.5, 0.6) is 0 Å². The van der Waals surface area contributed by atoms with Crippen molar-refractivity contribution in [1.29, 1.82) is 0 Å². The predicted molar refractivity (Wildman–Crippen MR) is 101 cm³/mol. The Bertz CT molecular complexity index is 636. The van der Waals surface area contributed by atoms with Crippen molar-refractivity contribution >= 4 is 29.4 Å². The molecule has 4 heteroatoms. The van der Waals surface area contributed by atoms with Gasteiger partial charge >= 0.3 is 0 Å². The summed E-state index contributed by atoms with van der Waals surface area (Å²) in [6, 6.07) is 18.3. The topological polar surface area (TPSA) is 29.1 Å². The summed E-state index contributed by atoms with van der Waals surface area (Å²) in [5.74, 6) is 2.75. The molecule has 2 aromatic carbocycles. The van der Waals surface area contributed by atoms with E-state index in [1.807, 2.05) is 53.9 Å². The zero-order valence-corrected chi connectivity index (χ0v) is 14.8. The van der Waals surface area contributed by atoms with E-state index in [9.17, 15) is 4.79 Å². The van der Waals surface area contributed by atoms with Crippen molar-refractivity contribution in [2.75, 3.05) is 18.1 Å². The minimum absolute atomic E-state index is 0.00561. The minimum atomic E-state index is 0.00561. The summed E-state index contributed by atoms with van der Waals surface area (Å²) in [6.07, 6.45) is 0. The van der Waals surface area contributed by atoms with Gasteiger partial charge in [0.1, 0.15) is 0 Å². The van der Waals surface area contributed by atoms with Crippen molar-refractivity contribution in [3.8, 4) is 0 Å². The van der Waals surface area contributed by atoms with E-state index >= 15 is 0 Å². The van der Waals surface area contributed by atoms with E-state index in [4.69, 9.17) is 0 Å². The highest BCUT2D eigenvalue weighted by molar-refractivity contribution is 8.19. The number of nitrogens with one attached hydrogen (secondary N) is 1. The monoisotopic (exact) mass is 343 g/mol. The van der Waals surface area contributed by atoms with Crippen LogP contribution in [0.2, 0.25) is 0 Å². The summed E-state index contributed by atoms with van der Waals surface area (Å²) in [4.78, 5) is 12.3. The van der Waals surface area contributed by atoms with Gasteiger partial charge in [0, 0.05) is 23.6 Å². The van der Waals surface area contributed by atoms with Crippen LogP contribution in [0.1, 0.15) is 38.9 Å². The van der Waals surface area contributed by atoms with E-state index in [-0.39, 0.29) is 5.91 Å². The van der Waals surface area contributed by atoms with Crippen LogP contribution in [0.4, 0.5) is 0 Å². The fourth-order valence-electron chi connectivity index (χ4n) is 2.59. The maximum atomic E-state index is 12.3. The smallest absolute Gasteiger partial charge is 0.251 e. The lowest BCUT2D eigenvalue weighted by molar-refractivity contribution is 0.0951. The SMILES string of the molecule is C[C@@H](CNC(=O)c1ccc(C2SCCS2)cc1)c1ccccc1. The largest absolute Gasteiger partial charge is 0.351 e. The molecule has 1 saturated heterocycles. The third kappa shape index (κ3) is 4.33. The fourth-order valence-corrected chi connectivity index (χ4v) is 5.45. The van der Waals surface area contributed by atoms with Gasteiger partial charge in [-0.25, -0.2) is 0 Å². The van der Waals surface area contributed by atoms with Crippen LogP contribution in [0.3, 0.4) is 0 Å². The third-order valence-electron chi connectivity index (χ3n) is 4.00. The highest BCUT2D eigenvalue weighted by Gasteiger charge is 2.18. The van der Waals surface area contributed by atoms with E-state index in [1.54, 1.807) is 0 Å². The Hall–Kier alpha value is -1.39. The first-order chi connectivity index (χ1) is 11.2. The quantitative estimate of drug-likeness (QED) is 0.853. The molecule has 0 spiro atoms. The number of rotatable bonds is 5. The Morgan fingerprint density at radius 1 is 1.09 bits per heavy atom. The van der Waals surface area contributed by atoms with Crippen molar-refractivity contribution in [2.24, 2.45) is 0 Å². The number of carbonyl (C=O) groups is 1. The number of amides is 1. The predicted octanol–water partition coefficient (Wildman–Crippen LogP) is 4.70. The summed E-state index contributed by atoms with van der Waals surface area (Å²) >= 11 is 3.97. The number of thioether (sulfide) groups is 2. The molecule has 120 valence electrons. The molecule has 1 fully saturated rings. The molecule has 1 atom stereocenters. The molecule has 0 aliphatic carbocycles. The molecule has 1 heterocycles. The van der Waals surface area contributed by atoms with Gasteiger partial charge < -0.3 is 5.32 Å². The Kier molecular flexibility index (Phi) is 5.68. The van der Waals surface area contributed by atoms with Crippen LogP contribution in [0.15, 0.2) is 54.6 Å². The number of benzene rings is 2. The van der Waals surface area contributed by atoms with Gasteiger partial charge in [-0.3, -0.25) is 4.79 Å². The van der Waals surface area contributed by atoms with Crippen LogP contribution in [-0.2, 0) is 0 Å². The summed E-state index contributed by atoms with van der Waals surface area (Å²) in [5.41, 5.74) is 3.30. The first kappa shape index (κ1) is 16.5. The lowest BCUT2D eigenvalue weighted by Crippen LogP contribution is -2.27. The first-order valence-electron chi connectivity index (χ1n) is 7.90. The van der Waals surface area contributed by atoms with E-state index in [0.29, 0.717) is 17.0 Å². The zero-order valence-electron chi connectivity index (χ0n) is 13.2. The lowest BCUT2D eigenvalue weighted by Gasteiger charge is -2.13. The summed E-state index contributed by atoms with van der Waals surface area (Å²) in [7, 11) is 0. The molecule has 1 amide bonds. The molecule has 2 nitrogen and oxygen atoms in total. The maximum absolute atomic E-state index is 12.3. The minimum Gasteiger partial charge on any atom is -0.351 e. The average Bonchev–Trinajstić information content (AvgIpc) is 3.15. The second-order valence-corrected chi connectivity index (χ2v) is 8.44. The second kappa shape index (κ2) is 7.93. The molecule has 1 aliphatic rings. The van der Waals surface area contributed by atoms with Crippen LogP contribution in [0, 0.1) is 0 Å². The molecular formula is C19H21NOS2. The highest BCUT2D eigenvalue weighted by Crippen LogP contribution is 2.45. The van der Waals surface area contributed by atoms with Gasteiger partial charge in [-0.15, -0.1) is 23.5 Å². The third-order valence-corrected chi connectivity index (χ3v) is 7.11. The maximum Gasteiger partial charge on any atom is 0.251 e. The molecule has 2 aromatic rings. The van der Waals surface area contributed by atoms with Crippen molar-refractivity contribution in [1.82, 2.24) is 5.32 Å². The van der Waals surface area contributed by atoms with Gasteiger partial charge in [0.05, 0.1) is 4.58 Å². The van der Waals surface area contributed by atoms with Gasteiger partial charge in [0.25, 0.3) is 5.91 Å². The van der Waals surface area contributed by atoms with Crippen molar-refractivity contribution in [2.45, 2.75) is 17.4 Å². The van der Waals surface area contributed by atoms with E-state index in [1.165, 1.54) is 22.6 Å². The Morgan fingerprint density at radius 3 is 2.39 bits per heavy atom. The molecule has 0 bridgehead atoms. The van der Waals surface area contributed by atoms with Crippen molar-refractivity contribution in [3.63, 3.8) is 0 Å². The summed E-state index contributed by atoms with van der Waals surface area (Å²) in [6.45, 7) is 2.78. The van der Waals surface area contributed by atoms with Gasteiger partial charge in [-0.1, -0.05) is 49.4 Å². The Labute approximate surface area is 146 Å². The van der Waals surface area contributed by atoms with Gasteiger partial charge in [0.15, 0.2) is 0 Å². The molecule has 0 radical (unpaired) electrons. The lowest BCUT2D eigenvalue weighted by atomic mass is 10.0. The molecule has 23 heavy (non-hydrogen) atoms. The number of hydrogen-bond donors (Lipinski definition) is 1. The number of carbonyl (C=O) groups excluding carboxylic acids is 1. The van der Waals surface area contributed by atoms with E-state index in [0.717, 1.165) is 5.56 Å². The molecule has 1 aliphatic heterocycles. The van der Waals surface area contributed by atoms with Crippen molar-refractivity contribution < 1.29 is 4.79 Å². The standard InChI is InChI=1S/C19H21NOS2/c1-14(15-5-3-2-4-6-15)13-20-18(21)16-7-9-17(10-8-16)19-22-11-12-23-19/h2-10,14,19H,11-13H2,1H3,(H,20,21)/t14-/m0/s1. The summed E-state index contributed by atoms with van der Waals surface area (Å²) in [5, 5.41) is 3.04. The van der Waals surface area contributed by atoms with Crippen LogP contribution >= 0.6 is 23.5 Å². The molecular weight excluding hydrogens is 322 g/mol. The van der Waals surface area contributed by atoms with Crippen LogP contribution in [0.25, 0.3) is 0 Å². The van der Waals surface area contributed by atoms with Gasteiger partial charge in [-0.2, -0.15) is 0 Å². The van der Waals surface area contributed by atoms with Crippen LogP contribution < -0.4 is 5.32 Å². The summed E-state index contributed by atoms with van der Waals surface area (Å²) < 4.78 is 0.533. The molecule has 0 aromatic heterocycles. The second-order valence-electron chi connectivity index (χ2n) is 5.72. The molecule has 1 N–H and O–H groups in total. The molecule has 0 saturated carbocycles. The van der Waals surface area contributed by atoms with Crippen LogP contribution in [-0.4, -0.2) is 24.0 Å². The molecule has 0 unspecified atom stereocenters. The van der Waals surface area contributed by atoms with Gasteiger partial charge in [-0.05, 0) is 29.2 Å². The average molecular weight is 344 g/mol. The normalized spacial score (nSPS) is 16.2. The van der Waals surface area contributed by atoms with Crippen molar-refractivity contribution in [3.05, 3.63) is 71.3 Å². The first-order valence-corrected chi connectivity index (χ1v) is 10.00. The van der Waals surface area contributed by atoms with E-state index in [2.05, 4.69) is 36.5 Å². The fraction of sp³-hybridized carbons (Fsp3) is 0.316. The zero-order chi connectivity index (χ0) is 16.1. The highest BCUT2D eigenvalue weighted by atomic mass is 32.2. The molecule has 3 rings (SSSR count). The Morgan fingerprint density at radius 2 is 1.74 bits per heavy atom. The van der Waals surface area contributed by atoms with Gasteiger partial charge in [0.2, 0.25) is 0 Å². The number of hydrogen-bond acceptors (Lipinski definition) is 3. The Balaban J connectivity index is 1.55.